The van der Waals surface area contributed by atoms with Crippen molar-refractivity contribution in [2.75, 3.05) is 7.11 Å². The van der Waals surface area contributed by atoms with E-state index in [1.165, 1.54) is 12.7 Å². The highest BCUT2D eigenvalue weighted by molar-refractivity contribution is 5.89. The maximum atomic E-state index is 11.7. The summed E-state index contributed by atoms with van der Waals surface area (Å²) < 4.78 is 9.87. The van der Waals surface area contributed by atoms with Crippen LogP contribution in [-0.4, -0.2) is 25.2 Å². The molecule has 0 heterocycles. The molecule has 3 rings (SSSR count). The van der Waals surface area contributed by atoms with E-state index in [0.29, 0.717) is 11.1 Å². The van der Waals surface area contributed by atoms with Gasteiger partial charge in [0.25, 0.3) is 0 Å². The SMILES string of the molecule is C=C1CC[C@H](OC(=O)c2ccccc2)C1.COC(=O)c1ccccc1. The predicted molar refractivity (Wildman–Crippen MR) is 96.4 cm³/mol. The summed E-state index contributed by atoms with van der Waals surface area (Å²) in [6.45, 7) is 3.89. The summed E-state index contributed by atoms with van der Waals surface area (Å²) >= 11 is 0. The lowest BCUT2D eigenvalue weighted by atomic mass is 10.2. The first-order valence-corrected chi connectivity index (χ1v) is 8.16. The van der Waals surface area contributed by atoms with E-state index >= 15 is 0 Å². The van der Waals surface area contributed by atoms with Crippen molar-refractivity contribution in [3.05, 3.63) is 83.9 Å². The van der Waals surface area contributed by atoms with Gasteiger partial charge in [0.05, 0.1) is 18.2 Å². The number of methoxy groups -OCH3 is 1. The van der Waals surface area contributed by atoms with Crippen LogP contribution in [0.3, 0.4) is 0 Å². The maximum Gasteiger partial charge on any atom is 0.338 e. The van der Waals surface area contributed by atoms with Crippen LogP contribution in [0.4, 0.5) is 0 Å². The van der Waals surface area contributed by atoms with Crippen LogP contribution in [0, 0.1) is 0 Å². The van der Waals surface area contributed by atoms with E-state index in [1.54, 1.807) is 36.4 Å². The quantitative estimate of drug-likeness (QED) is 0.614. The van der Waals surface area contributed by atoms with Crippen molar-refractivity contribution in [2.45, 2.75) is 25.4 Å². The van der Waals surface area contributed by atoms with Gasteiger partial charge in [0.15, 0.2) is 0 Å². The minimum Gasteiger partial charge on any atom is -0.465 e. The van der Waals surface area contributed by atoms with E-state index in [0.717, 1.165) is 19.3 Å². The largest absolute Gasteiger partial charge is 0.465 e. The Labute approximate surface area is 148 Å². The van der Waals surface area contributed by atoms with Crippen molar-refractivity contribution < 1.29 is 19.1 Å². The smallest absolute Gasteiger partial charge is 0.338 e. The molecular formula is C21H22O4. The average Bonchev–Trinajstić information content (AvgIpc) is 3.07. The van der Waals surface area contributed by atoms with E-state index in [2.05, 4.69) is 11.3 Å². The van der Waals surface area contributed by atoms with Crippen LogP contribution in [0.1, 0.15) is 40.0 Å². The van der Waals surface area contributed by atoms with Crippen LogP contribution >= 0.6 is 0 Å². The normalized spacial score (nSPS) is 15.7. The molecule has 1 aliphatic carbocycles. The Morgan fingerprint density at radius 2 is 1.44 bits per heavy atom. The third-order valence-electron chi connectivity index (χ3n) is 3.81. The summed E-state index contributed by atoms with van der Waals surface area (Å²) in [5.41, 5.74) is 2.39. The highest BCUT2D eigenvalue weighted by Gasteiger charge is 2.22. The molecule has 1 fully saturated rings. The van der Waals surface area contributed by atoms with Gasteiger partial charge in [-0.25, -0.2) is 9.59 Å². The number of rotatable bonds is 3. The van der Waals surface area contributed by atoms with Crippen LogP contribution in [0.15, 0.2) is 72.8 Å². The lowest BCUT2D eigenvalue weighted by Crippen LogP contribution is -2.14. The third-order valence-corrected chi connectivity index (χ3v) is 3.81. The summed E-state index contributed by atoms with van der Waals surface area (Å²) in [6, 6.07) is 18.0. The molecule has 2 aromatic rings. The highest BCUT2D eigenvalue weighted by atomic mass is 16.5. The van der Waals surface area contributed by atoms with Crippen LogP contribution in [0.25, 0.3) is 0 Å². The van der Waals surface area contributed by atoms with Gasteiger partial charge in [0.2, 0.25) is 0 Å². The zero-order valence-electron chi connectivity index (χ0n) is 14.3. The van der Waals surface area contributed by atoms with E-state index in [4.69, 9.17) is 4.74 Å². The number of hydrogen-bond donors (Lipinski definition) is 0. The number of benzene rings is 2. The second-order valence-corrected chi connectivity index (χ2v) is 5.74. The molecule has 0 bridgehead atoms. The first-order chi connectivity index (χ1) is 12.1. The zero-order valence-corrected chi connectivity index (χ0v) is 14.3. The summed E-state index contributed by atoms with van der Waals surface area (Å²) in [6.07, 6.45) is 2.74. The number of esters is 2. The van der Waals surface area contributed by atoms with E-state index in [9.17, 15) is 9.59 Å². The van der Waals surface area contributed by atoms with Gasteiger partial charge in [-0.15, -0.1) is 0 Å². The van der Waals surface area contributed by atoms with Crippen molar-refractivity contribution in [1.29, 1.82) is 0 Å². The summed E-state index contributed by atoms with van der Waals surface area (Å²) in [7, 11) is 1.37. The Morgan fingerprint density at radius 1 is 0.920 bits per heavy atom. The van der Waals surface area contributed by atoms with Crippen LogP contribution in [0.5, 0.6) is 0 Å². The van der Waals surface area contributed by atoms with Gasteiger partial charge in [0.1, 0.15) is 6.10 Å². The van der Waals surface area contributed by atoms with Crippen LogP contribution in [0.2, 0.25) is 0 Å². The summed E-state index contributed by atoms with van der Waals surface area (Å²) in [5.74, 6) is -0.518. The lowest BCUT2D eigenvalue weighted by Gasteiger charge is -2.10. The first-order valence-electron chi connectivity index (χ1n) is 8.16. The fourth-order valence-corrected chi connectivity index (χ4v) is 2.48. The van der Waals surface area contributed by atoms with Crippen molar-refractivity contribution >= 4 is 11.9 Å². The van der Waals surface area contributed by atoms with Gasteiger partial charge >= 0.3 is 11.9 Å². The van der Waals surface area contributed by atoms with Crippen molar-refractivity contribution in [1.82, 2.24) is 0 Å². The van der Waals surface area contributed by atoms with Gasteiger partial charge in [-0.05, 0) is 37.1 Å². The molecule has 0 radical (unpaired) electrons. The van der Waals surface area contributed by atoms with Crippen molar-refractivity contribution in [3.8, 4) is 0 Å². The number of carbonyl (C=O) groups is 2. The summed E-state index contributed by atoms with van der Waals surface area (Å²) in [5, 5.41) is 0. The second-order valence-electron chi connectivity index (χ2n) is 5.74. The lowest BCUT2D eigenvalue weighted by molar-refractivity contribution is 0.0323. The fraction of sp³-hybridized carbons (Fsp3) is 0.238. The molecule has 4 heteroatoms. The fourth-order valence-electron chi connectivity index (χ4n) is 2.48. The van der Waals surface area contributed by atoms with Gasteiger partial charge < -0.3 is 9.47 Å². The minimum absolute atomic E-state index is 0.0326. The topological polar surface area (TPSA) is 52.6 Å². The first kappa shape index (κ1) is 18.5. The molecule has 4 nitrogen and oxygen atoms in total. The van der Waals surface area contributed by atoms with Gasteiger partial charge in [-0.2, -0.15) is 0 Å². The number of carbonyl (C=O) groups excluding carboxylic acids is 2. The molecule has 1 atom stereocenters. The third kappa shape index (κ3) is 5.92. The Morgan fingerprint density at radius 3 is 1.88 bits per heavy atom. The zero-order chi connectivity index (χ0) is 18.1. The molecule has 0 spiro atoms. The van der Waals surface area contributed by atoms with Crippen molar-refractivity contribution in [3.63, 3.8) is 0 Å². The highest BCUT2D eigenvalue weighted by Crippen LogP contribution is 2.26. The minimum atomic E-state index is -0.291. The van der Waals surface area contributed by atoms with Gasteiger partial charge in [-0.3, -0.25) is 0 Å². The average molecular weight is 338 g/mol. The molecule has 1 saturated carbocycles. The predicted octanol–water partition coefficient (Wildman–Crippen LogP) is 4.43. The Kier molecular flexibility index (Phi) is 6.96. The second kappa shape index (κ2) is 9.42. The standard InChI is InChI=1S/C13H14O2.C8H8O2/c1-10-7-8-12(9-10)15-13(14)11-5-3-2-4-6-11;1-10-8(9)7-5-3-2-4-6-7/h2-6,12H,1,7-9H2;2-6H,1H3/t12-;/m0./s1. The van der Waals surface area contributed by atoms with Crippen molar-refractivity contribution in [2.24, 2.45) is 0 Å². The molecule has 0 unspecified atom stereocenters. The molecule has 0 amide bonds. The molecular weight excluding hydrogens is 316 g/mol. The van der Waals surface area contributed by atoms with Crippen LogP contribution < -0.4 is 0 Å². The van der Waals surface area contributed by atoms with E-state index in [1.807, 2.05) is 24.3 Å². The Hall–Kier alpha value is -2.88. The van der Waals surface area contributed by atoms with E-state index < -0.39 is 0 Å². The molecule has 1 aliphatic rings. The molecule has 130 valence electrons. The Bertz CT molecular complexity index is 707. The molecule has 25 heavy (non-hydrogen) atoms. The monoisotopic (exact) mass is 338 g/mol. The van der Waals surface area contributed by atoms with Crippen LogP contribution in [-0.2, 0) is 9.47 Å². The van der Waals surface area contributed by atoms with Gasteiger partial charge in [0, 0.05) is 6.42 Å². The number of ether oxygens (including phenoxy) is 2. The molecule has 0 N–H and O–H groups in total. The Balaban J connectivity index is 0.000000196. The van der Waals surface area contributed by atoms with Gasteiger partial charge in [-0.1, -0.05) is 48.6 Å². The number of hydrogen-bond acceptors (Lipinski definition) is 4. The maximum absolute atomic E-state index is 11.7. The molecule has 2 aromatic carbocycles. The molecule has 0 aromatic heterocycles. The molecule has 0 aliphatic heterocycles. The molecule has 0 saturated heterocycles. The summed E-state index contributed by atoms with van der Waals surface area (Å²) in [4.78, 5) is 22.4. The van der Waals surface area contributed by atoms with E-state index in [-0.39, 0.29) is 18.0 Å².